The van der Waals surface area contributed by atoms with Crippen LogP contribution < -0.4 is 10.6 Å². The average Bonchev–Trinajstić information content (AvgIpc) is 2.22. The number of rotatable bonds is 5. The fourth-order valence-electron chi connectivity index (χ4n) is 1.46. The number of hydrogen-bond acceptors (Lipinski definition) is 4. The molecule has 5 heteroatoms. The van der Waals surface area contributed by atoms with E-state index in [1.54, 1.807) is 0 Å². The molecule has 0 aliphatic heterocycles. The molecular formula is C10H17ClN4. The van der Waals surface area contributed by atoms with E-state index in [0.717, 1.165) is 31.7 Å². The van der Waals surface area contributed by atoms with Gasteiger partial charge >= 0.3 is 0 Å². The fourth-order valence-corrected chi connectivity index (χ4v) is 1.67. The van der Waals surface area contributed by atoms with E-state index < -0.39 is 0 Å². The monoisotopic (exact) mass is 228 g/mol. The summed E-state index contributed by atoms with van der Waals surface area (Å²) in [5.74, 6) is 1.09. The van der Waals surface area contributed by atoms with Crippen LogP contribution in [0.15, 0.2) is 6.33 Å². The molecule has 4 nitrogen and oxygen atoms in total. The van der Waals surface area contributed by atoms with Crippen LogP contribution >= 0.6 is 11.6 Å². The van der Waals surface area contributed by atoms with E-state index >= 15 is 0 Å². The molecule has 0 aliphatic carbocycles. The lowest BCUT2D eigenvalue weighted by Gasteiger charge is -2.23. The molecule has 2 N–H and O–H groups in total. The van der Waals surface area contributed by atoms with Gasteiger partial charge in [-0.25, -0.2) is 9.97 Å². The van der Waals surface area contributed by atoms with Crippen molar-refractivity contribution < 1.29 is 0 Å². The largest absolute Gasteiger partial charge is 0.382 e. The highest BCUT2D eigenvalue weighted by Gasteiger charge is 2.12. The maximum atomic E-state index is 6.07. The molecule has 1 aromatic rings. The lowest BCUT2D eigenvalue weighted by Crippen LogP contribution is -2.26. The quantitative estimate of drug-likeness (QED) is 0.841. The molecule has 84 valence electrons. The van der Waals surface area contributed by atoms with Gasteiger partial charge in [-0.3, -0.25) is 0 Å². The predicted molar refractivity (Wildman–Crippen MR) is 64.2 cm³/mol. The predicted octanol–water partition coefficient (Wildman–Crippen LogP) is 2.34. The maximum absolute atomic E-state index is 6.07. The van der Waals surface area contributed by atoms with Gasteiger partial charge in [0.25, 0.3) is 0 Å². The Morgan fingerprint density at radius 3 is 2.40 bits per heavy atom. The third kappa shape index (κ3) is 2.96. The number of nitrogens with two attached hydrogens (primary N) is 1. The molecule has 0 saturated carbocycles. The van der Waals surface area contributed by atoms with Crippen LogP contribution in [0.4, 0.5) is 11.6 Å². The molecule has 0 unspecified atom stereocenters. The minimum absolute atomic E-state index is 0.346. The summed E-state index contributed by atoms with van der Waals surface area (Å²) in [7, 11) is 0. The van der Waals surface area contributed by atoms with E-state index in [1.807, 2.05) is 0 Å². The molecule has 1 heterocycles. The topological polar surface area (TPSA) is 55.0 Å². The molecule has 0 amide bonds. The number of aromatic nitrogens is 2. The summed E-state index contributed by atoms with van der Waals surface area (Å²) in [4.78, 5) is 10.2. The number of hydrogen-bond donors (Lipinski definition) is 1. The second-order valence-corrected chi connectivity index (χ2v) is 3.76. The van der Waals surface area contributed by atoms with Gasteiger partial charge in [0.15, 0.2) is 5.82 Å². The van der Waals surface area contributed by atoms with Crippen LogP contribution in [0, 0.1) is 0 Å². The average molecular weight is 229 g/mol. The number of nitrogen functional groups attached to an aromatic ring is 1. The van der Waals surface area contributed by atoms with E-state index in [4.69, 9.17) is 17.3 Å². The molecule has 0 aromatic carbocycles. The molecule has 0 atom stereocenters. The van der Waals surface area contributed by atoms with Crippen molar-refractivity contribution in [3.63, 3.8) is 0 Å². The van der Waals surface area contributed by atoms with E-state index in [9.17, 15) is 0 Å². The van der Waals surface area contributed by atoms with Crippen molar-refractivity contribution in [3.8, 4) is 0 Å². The first kappa shape index (κ1) is 12.0. The van der Waals surface area contributed by atoms with Gasteiger partial charge < -0.3 is 10.6 Å². The van der Waals surface area contributed by atoms with Crippen molar-refractivity contribution in [1.29, 1.82) is 0 Å². The Kier molecular flexibility index (Phi) is 4.62. The molecule has 15 heavy (non-hydrogen) atoms. The lowest BCUT2D eigenvalue weighted by molar-refractivity contribution is 0.733. The third-order valence-corrected chi connectivity index (χ3v) is 2.45. The highest BCUT2D eigenvalue weighted by molar-refractivity contribution is 6.35. The minimum Gasteiger partial charge on any atom is -0.382 e. The summed E-state index contributed by atoms with van der Waals surface area (Å²) in [6, 6.07) is 0. The van der Waals surface area contributed by atoms with Crippen molar-refractivity contribution in [3.05, 3.63) is 11.3 Å². The van der Waals surface area contributed by atoms with Gasteiger partial charge in [0, 0.05) is 13.1 Å². The molecule has 0 aliphatic rings. The van der Waals surface area contributed by atoms with Crippen molar-refractivity contribution in [2.45, 2.75) is 26.7 Å². The number of nitrogens with zero attached hydrogens (tertiary/aromatic N) is 3. The van der Waals surface area contributed by atoms with E-state index in [-0.39, 0.29) is 0 Å². The number of anilines is 2. The van der Waals surface area contributed by atoms with Crippen LogP contribution in [0.2, 0.25) is 5.02 Å². The summed E-state index contributed by atoms with van der Waals surface area (Å²) >= 11 is 6.07. The first-order valence-electron chi connectivity index (χ1n) is 5.21. The van der Waals surface area contributed by atoms with Gasteiger partial charge in [-0.15, -0.1) is 0 Å². The molecule has 1 rings (SSSR count). The van der Waals surface area contributed by atoms with Crippen molar-refractivity contribution in [2.24, 2.45) is 0 Å². The van der Waals surface area contributed by atoms with Gasteiger partial charge in [-0.05, 0) is 12.8 Å². The summed E-state index contributed by atoms with van der Waals surface area (Å²) in [6.07, 6.45) is 3.56. The summed E-state index contributed by atoms with van der Waals surface area (Å²) in [5.41, 5.74) is 5.64. The first-order chi connectivity index (χ1) is 7.20. The maximum Gasteiger partial charge on any atom is 0.153 e. The zero-order chi connectivity index (χ0) is 11.3. The van der Waals surface area contributed by atoms with Gasteiger partial charge in [0.05, 0.1) is 0 Å². The second-order valence-electron chi connectivity index (χ2n) is 3.38. The van der Waals surface area contributed by atoms with Crippen LogP contribution in [-0.4, -0.2) is 23.1 Å². The van der Waals surface area contributed by atoms with Gasteiger partial charge in [-0.2, -0.15) is 0 Å². The summed E-state index contributed by atoms with van der Waals surface area (Å²) < 4.78 is 0. The van der Waals surface area contributed by atoms with Gasteiger partial charge in [0.2, 0.25) is 0 Å². The molecule has 0 bridgehead atoms. The smallest absolute Gasteiger partial charge is 0.153 e. The standard InChI is InChI=1S/C10H17ClN4/c1-3-5-15(6-4-2)10-8(11)9(12)13-7-14-10/h7H,3-6H2,1-2H3,(H2,12,13,14). The molecular weight excluding hydrogens is 212 g/mol. The highest BCUT2D eigenvalue weighted by Crippen LogP contribution is 2.26. The Balaban J connectivity index is 2.94. The van der Waals surface area contributed by atoms with Crippen LogP contribution in [0.5, 0.6) is 0 Å². The van der Waals surface area contributed by atoms with Crippen molar-refractivity contribution in [2.75, 3.05) is 23.7 Å². The summed E-state index contributed by atoms with van der Waals surface area (Å²) in [6.45, 7) is 6.12. The van der Waals surface area contributed by atoms with Crippen LogP contribution in [-0.2, 0) is 0 Å². The molecule has 0 radical (unpaired) electrons. The Morgan fingerprint density at radius 2 is 1.87 bits per heavy atom. The zero-order valence-electron chi connectivity index (χ0n) is 9.20. The van der Waals surface area contributed by atoms with Crippen molar-refractivity contribution in [1.82, 2.24) is 9.97 Å². The Hall–Kier alpha value is -1.03. The highest BCUT2D eigenvalue weighted by atomic mass is 35.5. The minimum atomic E-state index is 0.346. The molecule has 0 fully saturated rings. The normalized spacial score (nSPS) is 10.3. The molecule has 0 saturated heterocycles. The first-order valence-corrected chi connectivity index (χ1v) is 5.59. The third-order valence-electron chi connectivity index (χ3n) is 2.08. The lowest BCUT2D eigenvalue weighted by atomic mass is 10.3. The second kappa shape index (κ2) is 5.75. The van der Waals surface area contributed by atoms with E-state index in [2.05, 4.69) is 28.7 Å². The Morgan fingerprint density at radius 1 is 1.27 bits per heavy atom. The Labute approximate surface area is 95.5 Å². The Bertz CT molecular complexity index is 310. The fraction of sp³-hybridized carbons (Fsp3) is 0.600. The van der Waals surface area contributed by atoms with Crippen LogP contribution in [0.1, 0.15) is 26.7 Å². The van der Waals surface area contributed by atoms with Crippen LogP contribution in [0.25, 0.3) is 0 Å². The van der Waals surface area contributed by atoms with Gasteiger partial charge in [-0.1, -0.05) is 25.4 Å². The van der Waals surface area contributed by atoms with E-state index in [0.29, 0.717) is 10.8 Å². The van der Waals surface area contributed by atoms with Crippen molar-refractivity contribution >= 4 is 23.2 Å². The van der Waals surface area contributed by atoms with E-state index in [1.165, 1.54) is 6.33 Å². The molecule has 0 spiro atoms. The summed E-state index contributed by atoms with van der Waals surface area (Å²) in [5, 5.41) is 0.458. The van der Waals surface area contributed by atoms with Gasteiger partial charge in [0.1, 0.15) is 17.2 Å². The van der Waals surface area contributed by atoms with Crippen LogP contribution in [0.3, 0.4) is 0 Å². The molecule has 1 aromatic heterocycles. The number of halogens is 1. The SMILES string of the molecule is CCCN(CCC)c1ncnc(N)c1Cl. The zero-order valence-corrected chi connectivity index (χ0v) is 9.96.